The summed E-state index contributed by atoms with van der Waals surface area (Å²) in [5.74, 6) is 0.107. The topological polar surface area (TPSA) is 44.4 Å². The standard InChI is InChI=1S/C13H19N3O/c1-10-8-15-12(9-14-10)13(17)16(2)11-6-4-3-5-7-11/h3-7,10,12,14-15H,8-9H2,1-2H3. The Labute approximate surface area is 102 Å². The Kier molecular flexibility index (Phi) is 3.76. The molecule has 2 unspecified atom stereocenters. The van der Waals surface area contributed by atoms with Crippen molar-refractivity contribution in [3.05, 3.63) is 30.3 Å². The fraction of sp³-hybridized carbons (Fsp3) is 0.462. The van der Waals surface area contributed by atoms with Crippen molar-refractivity contribution in [1.29, 1.82) is 0 Å². The number of nitrogens with zero attached hydrogens (tertiary/aromatic N) is 1. The summed E-state index contributed by atoms with van der Waals surface area (Å²) in [6.45, 7) is 3.63. The maximum Gasteiger partial charge on any atom is 0.245 e. The summed E-state index contributed by atoms with van der Waals surface area (Å²) in [5, 5.41) is 6.57. The van der Waals surface area contributed by atoms with Crippen LogP contribution < -0.4 is 15.5 Å². The summed E-state index contributed by atoms with van der Waals surface area (Å²) in [6, 6.07) is 10.0. The minimum absolute atomic E-state index is 0.107. The van der Waals surface area contributed by atoms with Gasteiger partial charge in [-0.15, -0.1) is 0 Å². The van der Waals surface area contributed by atoms with Crippen molar-refractivity contribution >= 4 is 11.6 Å². The second kappa shape index (κ2) is 5.29. The normalized spacial score (nSPS) is 24.4. The summed E-state index contributed by atoms with van der Waals surface area (Å²) in [6.07, 6.45) is 0. The van der Waals surface area contributed by atoms with Gasteiger partial charge in [-0.3, -0.25) is 4.79 Å². The zero-order chi connectivity index (χ0) is 12.3. The van der Waals surface area contributed by atoms with E-state index in [1.165, 1.54) is 0 Å². The van der Waals surface area contributed by atoms with Gasteiger partial charge >= 0.3 is 0 Å². The van der Waals surface area contributed by atoms with E-state index in [2.05, 4.69) is 17.6 Å². The lowest BCUT2D eigenvalue weighted by Crippen LogP contribution is -2.59. The third kappa shape index (κ3) is 2.84. The van der Waals surface area contributed by atoms with Crippen molar-refractivity contribution in [3.63, 3.8) is 0 Å². The molecule has 1 aromatic carbocycles. The van der Waals surface area contributed by atoms with Crippen molar-refractivity contribution in [1.82, 2.24) is 10.6 Å². The van der Waals surface area contributed by atoms with Gasteiger partial charge in [-0.1, -0.05) is 18.2 Å². The molecule has 92 valence electrons. The molecule has 1 aliphatic rings. The van der Waals surface area contributed by atoms with E-state index in [0.29, 0.717) is 12.6 Å². The smallest absolute Gasteiger partial charge is 0.245 e. The van der Waals surface area contributed by atoms with Gasteiger partial charge in [0.15, 0.2) is 0 Å². The van der Waals surface area contributed by atoms with Gasteiger partial charge in [0.25, 0.3) is 0 Å². The molecule has 0 saturated carbocycles. The lowest BCUT2D eigenvalue weighted by Gasteiger charge is -2.31. The molecule has 2 N–H and O–H groups in total. The minimum atomic E-state index is -0.128. The monoisotopic (exact) mass is 233 g/mol. The van der Waals surface area contributed by atoms with Crippen LogP contribution in [0.15, 0.2) is 30.3 Å². The number of benzene rings is 1. The first kappa shape index (κ1) is 12.1. The fourth-order valence-electron chi connectivity index (χ4n) is 1.97. The summed E-state index contributed by atoms with van der Waals surface area (Å²) >= 11 is 0. The van der Waals surface area contributed by atoms with E-state index in [-0.39, 0.29) is 11.9 Å². The molecule has 1 heterocycles. The molecule has 0 aliphatic carbocycles. The first-order valence-corrected chi connectivity index (χ1v) is 5.98. The number of hydrogen-bond acceptors (Lipinski definition) is 3. The average molecular weight is 233 g/mol. The Morgan fingerprint density at radius 1 is 1.24 bits per heavy atom. The molecule has 4 heteroatoms. The van der Waals surface area contributed by atoms with Crippen LogP contribution >= 0.6 is 0 Å². The number of carbonyl (C=O) groups excluding carboxylic acids is 1. The van der Waals surface area contributed by atoms with Gasteiger partial charge < -0.3 is 15.5 Å². The fourth-order valence-corrected chi connectivity index (χ4v) is 1.97. The SMILES string of the molecule is CC1CNC(C(=O)N(C)c2ccccc2)CN1. The van der Waals surface area contributed by atoms with Crippen LogP contribution in [0.25, 0.3) is 0 Å². The van der Waals surface area contributed by atoms with Gasteiger partial charge in [0.05, 0.1) is 6.04 Å². The molecule has 0 radical (unpaired) electrons. The maximum atomic E-state index is 12.2. The largest absolute Gasteiger partial charge is 0.314 e. The van der Waals surface area contributed by atoms with Crippen molar-refractivity contribution in [2.24, 2.45) is 0 Å². The number of amides is 1. The number of hydrogen-bond donors (Lipinski definition) is 2. The second-order valence-electron chi connectivity index (χ2n) is 4.50. The number of para-hydroxylation sites is 1. The number of piperazine rings is 1. The van der Waals surface area contributed by atoms with Gasteiger partial charge in [-0.2, -0.15) is 0 Å². The Morgan fingerprint density at radius 2 is 1.94 bits per heavy atom. The molecule has 1 amide bonds. The molecule has 4 nitrogen and oxygen atoms in total. The van der Waals surface area contributed by atoms with Crippen LogP contribution in [-0.4, -0.2) is 38.1 Å². The third-order valence-electron chi connectivity index (χ3n) is 3.11. The highest BCUT2D eigenvalue weighted by Crippen LogP contribution is 2.12. The molecule has 1 saturated heterocycles. The molecule has 0 bridgehead atoms. The highest BCUT2D eigenvalue weighted by molar-refractivity contribution is 5.96. The predicted octanol–water partition coefficient (Wildman–Crippen LogP) is 0.599. The van der Waals surface area contributed by atoms with E-state index in [0.717, 1.165) is 12.2 Å². The summed E-state index contributed by atoms with van der Waals surface area (Å²) < 4.78 is 0. The number of nitrogens with one attached hydrogen (secondary N) is 2. The Hall–Kier alpha value is -1.39. The van der Waals surface area contributed by atoms with Crippen LogP contribution in [0.1, 0.15) is 6.92 Å². The number of rotatable bonds is 2. The van der Waals surface area contributed by atoms with Crippen molar-refractivity contribution in [2.45, 2.75) is 19.0 Å². The molecule has 1 aliphatic heterocycles. The molecule has 0 aromatic heterocycles. The van der Waals surface area contributed by atoms with E-state index in [1.807, 2.05) is 37.4 Å². The van der Waals surface area contributed by atoms with E-state index in [9.17, 15) is 4.79 Å². The van der Waals surface area contributed by atoms with Crippen LogP contribution in [0.3, 0.4) is 0 Å². The van der Waals surface area contributed by atoms with Crippen molar-refractivity contribution < 1.29 is 4.79 Å². The second-order valence-corrected chi connectivity index (χ2v) is 4.50. The van der Waals surface area contributed by atoms with E-state index in [1.54, 1.807) is 4.90 Å². The number of anilines is 1. The molecule has 1 aromatic rings. The highest BCUT2D eigenvalue weighted by atomic mass is 16.2. The average Bonchev–Trinajstić information content (AvgIpc) is 2.39. The molecule has 17 heavy (non-hydrogen) atoms. The minimum Gasteiger partial charge on any atom is -0.314 e. The lowest BCUT2D eigenvalue weighted by atomic mass is 10.1. The predicted molar refractivity (Wildman–Crippen MR) is 69.1 cm³/mol. The van der Waals surface area contributed by atoms with Crippen molar-refractivity contribution in [3.8, 4) is 0 Å². The highest BCUT2D eigenvalue weighted by Gasteiger charge is 2.26. The Morgan fingerprint density at radius 3 is 2.53 bits per heavy atom. The number of carbonyl (C=O) groups is 1. The van der Waals surface area contributed by atoms with Crippen LogP contribution in [0.5, 0.6) is 0 Å². The zero-order valence-electron chi connectivity index (χ0n) is 10.3. The van der Waals surface area contributed by atoms with Gasteiger partial charge in [-0.05, 0) is 19.1 Å². The lowest BCUT2D eigenvalue weighted by molar-refractivity contribution is -0.120. The molecular formula is C13H19N3O. The van der Waals surface area contributed by atoms with Crippen LogP contribution in [0.2, 0.25) is 0 Å². The third-order valence-corrected chi connectivity index (χ3v) is 3.11. The summed E-state index contributed by atoms with van der Waals surface area (Å²) in [4.78, 5) is 13.9. The van der Waals surface area contributed by atoms with Crippen LogP contribution in [0, 0.1) is 0 Å². The Balaban J connectivity index is 2.00. The van der Waals surface area contributed by atoms with Gasteiger partial charge in [0, 0.05) is 31.9 Å². The maximum absolute atomic E-state index is 12.2. The summed E-state index contributed by atoms with van der Waals surface area (Å²) in [7, 11) is 1.82. The van der Waals surface area contributed by atoms with E-state index < -0.39 is 0 Å². The molecule has 2 rings (SSSR count). The molecular weight excluding hydrogens is 214 g/mol. The first-order chi connectivity index (χ1) is 8.18. The van der Waals surface area contributed by atoms with Crippen molar-refractivity contribution in [2.75, 3.05) is 25.0 Å². The van der Waals surface area contributed by atoms with Crippen LogP contribution in [-0.2, 0) is 4.79 Å². The van der Waals surface area contributed by atoms with Gasteiger partial charge in [-0.25, -0.2) is 0 Å². The van der Waals surface area contributed by atoms with Gasteiger partial charge in [0.1, 0.15) is 0 Å². The van der Waals surface area contributed by atoms with E-state index in [4.69, 9.17) is 0 Å². The first-order valence-electron chi connectivity index (χ1n) is 5.98. The van der Waals surface area contributed by atoms with Gasteiger partial charge in [0.2, 0.25) is 5.91 Å². The van der Waals surface area contributed by atoms with Crippen LogP contribution in [0.4, 0.5) is 5.69 Å². The molecule has 2 atom stereocenters. The molecule has 1 fully saturated rings. The zero-order valence-corrected chi connectivity index (χ0v) is 10.3. The Bertz CT molecular complexity index is 372. The number of likely N-dealkylation sites (N-methyl/N-ethyl adjacent to an activating group) is 1. The van der Waals surface area contributed by atoms with E-state index >= 15 is 0 Å². The summed E-state index contributed by atoms with van der Waals surface area (Å²) in [5.41, 5.74) is 0.929. The molecule has 0 spiro atoms. The quantitative estimate of drug-likeness (QED) is 0.786.